The summed E-state index contributed by atoms with van der Waals surface area (Å²) in [5.74, 6) is -0.219. The number of alkyl halides is 2. The van der Waals surface area contributed by atoms with Gasteiger partial charge in [0.1, 0.15) is 17.3 Å². The third-order valence-corrected chi connectivity index (χ3v) is 7.94. The second kappa shape index (κ2) is 9.33. The van der Waals surface area contributed by atoms with Crippen LogP contribution in [0.4, 0.5) is 18.9 Å². The molecule has 36 heavy (non-hydrogen) atoms. The first-order valence-corrected chi connectivity index (χ1v) is 12.1. The molecule has 4 fully saturated rings. The van der Waals surface area contributed by atoms with E-state index < -0.39 is 35.9 Å². The zero-order valence-corrected chi connectivity index (χ0v) is 19.9. The first-order valence-electron chi connectivity index (χ1n) is 12.1. The number of carbonyl (C=O) groups excluding carboxylic acids is 2. The van der Waals surface area contributed by atoms with E-state index in [-0.39, 0.29) is 11.6 Å². The van der Waals surface area contributed by atoms with Crippen LogP contribution in [0.5, 0.6) is 11.5 Å². The fourth-order valence-electron chi connectivity index (χ4n) is 7.07. The summed E-state index contributed by atoms with van der Waals surface area (Å²) < 4.78 is 54.6. The lowest BCUT2D eigenvalue weighted by molar-refractivity contribution is -0.175. The van der Waals surface area contributed by atoms with Gasteiger partial charge >= 0.3 is 12.6 Å². The number of halogens is 3. The second-order valence-electron chi connectivity index (χ2n) is 10.4. The van der Waals surface area contributed by atoms with Crippen molar-refractivity contribution in [2.75, 3.05) is 19.0 Å². The molecule has 0 aromatic heterocycles. The maximum absolute atomic E-state index is 15.1. The molecule has 0 radical (unpaired) electrons. The highest BCUT2D eigenvalue weighted by atomic mass is 19.3. The van der Waals surface area contributed by atoms with Crippen molar-refractivity contribution in [3.05, 3.63) is 53.8 Å². The zero-order chi connectivity index (χ0) is 25.5. The highest BCUT2D eigenvalue weighted by molar-refractivity contribution is 5.93. The Labute approximate surface area is 207 Å². The van der Waals surface area contributed by atoms with Crippen molar-refractivity contribution in [2.45, 2.75) is 50.6 Å². The Morgan fingerprint density at radius 3 is 2.31 bits per heavy atom. The summed E-state index contributed by atoms with van der Waals surface area (Å²) in [6, 6.07) is 10.4. The van der Waals surface area contributed by atoms with Crippen LogP contribution in [-0.2, 0) is 19.7 Å². The number of nitrogens with one attached hydrogen (secondary N) is 1. The molecule has 0 saturated heterocycles. The van der Waals surface area contributed by atoms with Crippen molar-refractivity contribution in [3.8, 4) is 11.5 Å². The lowest BCUT2D eigenvalue weighted by atomic mass is 9.43. The average molecular weight is 504 g/mol. The van der Waals surface area contributed by atoms with Crippen molar-refractivity contribution in [3.63, 3.8) is 0 Å². The van der Waals surface area contributed by atoms with Crippen LogP contribution in [0.15, 0.2) is 42.5 Å². The van der Waals surface area contributed by atoms with Crippen molar-refractivity contribution in [2.24, 2.45) is 17.3 Å². The molecule has 4 bridgehead atoms. The summed E-state index contributed by atoms with van der Waals surface area (Å²) in [7, 11) is 1.50. The molecule has 4 saturated carbocycles. The van der Waals surface area contributed by atoms with Crippen LogP contribution in [-0.4, -0.2) is 32.2 Å². The van der Waals surface area contributed by atoms with Crippen molar-refractivity contribution in [1.29, 1.82) is 0 Å². The van der Waals surface area contributed by atoms with Crippen LogP contribution >= 0.6 is 0 Å². The van der Waals surface area contributed by atoms with E-state index in [1.54, 1.807) is 12.1 Å². The van der Waals surface area contributed by atoms with E-state index in [1.807, 2.05) is 0 Å². The maximum atomic E-state index is 15.1. The van der Waals surface area contributed by atoms with E-state index in [0.29, 0.717) is 48.1 Å². The van der Waals surface area contributed by atoms with Gasteiger partial charge in [-0.05, 0) is 91.7 Å². The molecular formula is C27H28F3NO5. The number of benzene rings is 2. The summed E-state index contributed by atoms with van der Waals surface area (Å²) >= 11 is 0. The Balaban J connectivity index is 1.25. The fraction of sp³-hybridized carbons (Fsp3) is 0.481. The van der Waals surface area contributed by atoms with Crippen LogP contribution < -0.4 is 14.8 Å². The molecule has 0 aliphatic heterocycles. The number of anilines is 1. The van der Waals surface area contributed by atoms with Crippen LogP contribution in [0.1, 0.15) is 44.1 Å². The molecule has 6 rings (SSSR count). The molecule has 192 valence electrons. The standard InChI is InChI=1S/C27H28F3NO5/c1-34-20-6-7-21(22(28)9-20)26-10-16-8-17(11-26)13-27(12-16,15-26)24(33)35-14-23(32)31-18-2-4-19(5-3-18)36-25(29)30/h2-7,9,16-17,25H,8,10-15H2,1H3,(H,31,32)/t16-,17-,26?,27?/m1/s1. The zero-order valence-electron chi connectivity index (χ0n) is 19.9. The van der Waals surface area contributed by atoms with Gasteiger partial charge in [0.15, 0.2) is 6.61 Å². The lowest BCUT2D eigenvalue weighted by Crippen LogP contribution is -2.57. The SMILES string of the molecule is COc1ccc(C23C[C@H]4C[C@@H](CC(C(=O)OCC(=O)Nc5ccc(OC(F)F)cc5)(C4)C2)C3)c(F)c1. The smallest absolute Gasteiger partial charge is 0.387 e. The summed E-state index contributed by atoms with van der Waals surface area (Å²) in [4.78, 5) is 25.8. The Hall–Kier alpha value is -3.23. The van der Waals surface area contributed by atoms with Gasteiger partial charge in [-0.3, -0.25) is 9.59 Å². The molecule has 0 heterocycles. The van der Waals surface area contributed by atoms with Gasteiger partial charge in [0, 0.05) is 11.8 Å². The van der Waals surface area contributed by atoms with Crippen LogP contribution in [0.25, 0.3) is 0 Å². The number of rotatable bonds is 8. The molecule has 2 aromatic rings. The first kappa shape index (κ1) is 24.5. The van der Waals surface area contributed by atoms with Crippen LogP contribution in [0.2, 0.25) is 0 Å². The summed E-state index contributed by atoms with van der Waals surface area (Å²) in [6.45, 7) is -3.40. The molecule has 2 aromatic carbocycles. The van der Waals surface area contributed by atoms with E-state index in [0.717, 1.165) is 19.3 Å². The number of hydrogen-bond donors (Lipinski definition) is 1. The number of amides is 1. The Morgan fingerprint density at radius 2 is 1.69 bits per heavy atom. The number of methoxy groups -OCH3 is 1. The highest BCUT2D eigenvalue weighted by Crippen LogP contribution is 2.66. The minimum absolute atomic E-state index is 0.0292. The Bertz CT molecular complexity index is 1140. The number of esters is 1. The second-order valence-corrected chi connectivity index (χ2v) is 10.4. The molecule has 9 heteroatoms. The molecule has 2 atom stereocenters. The minimum Gasteiger partial charge on any atom is -0.497 e. The number of ether oxygens (including phenoxy) is 3. The molecule has 4 aliphatic rings. The van der Waals surface area contributed by atoms with Gasteiger partial charge in [0.25, 0.3) is 5.91 Å². The molecule has 0 spiro atoms. The van der Waals surface area contributed by atoms with E-state index in [9.17, 15) is 18.4 Å². The normalized spacial score (nSPS) is 28.1. The van der Waals surface area contributed by atoms with Gasteiger partial charge in [-0.1, -0.05) is 6.07 Å². The number of carbonyl (C=O) groups is 2. The van der Waals surface area contributed by atoms with Crippen molar-refractivity contribution < 1.29 is 37.0 Å². The Kier molecular flexibility index (Phi) is 6.34. The first-order chi connectivity index (χ1) is 17.2. The van der Waals surface area contributed by atoms with Gasteiger partial charge in [0.05, 0.1) is 12.5 Å². The summed E-state index contributed by atoms with van der Waals surface area (Å²) in [5.41, 5.74) is -0.164. The third kappa shape index (κ3) is 4.63. The topological polar surface area (TPSA) is 73.9 Å². The molecule has 4 aliphatic carbocycles. The van der Waals surface area contributed by atoms with Gasteiger partial charge in [-0.2, -0.15) is 8.78 Å². The molecule has 1 amide bonds. The van der Waals surface area contributed by atoms with Crippen molar-refractivity contribution >= 4 is 17.6 Å². The highest BCUT2D eigenvalue weighted by Gasteiger charge is 2.62. The van der Waals surface area contributed by atoms with Crippen LogP contribution in [0.3, 0.4) is 0 Å². The van der Waals surface area contributed by atoms with E-state index >= 15 is 4.39 Å². The monoisotopic (exact) mass is 503 g/mol. The minimum atomic E-state index is -2.94. The summed E-state index contributed by atoms with van der Waals surface area (Å²) in [6.07, 6.45) is 4.59. The van der Waals surface area contributed by atoms with Gasteiger partial charge in [0.2, 0.25) is 0 Å². The average Bonchev–Trinajstić information content (AvgIpc) is 2.82. The van der Waals surface area contributed by atoms with Gasteiger partial charge in [-0.25, -0.2) is 4.39 Å². The quantitative estimate of drug-likeness (QED) is 0.485. The van der Waals surface area contributed by atoms with E-state index in [2.05, 4.69) is 10.1 Å². The third-order valence-electron chi connectivity index (χ3n) is 7.94. The van der Waals surface area contributed by atoms with Gasteiger partial charge in [-0.15, -0.1) is 0 Å². The molecular weight excluding hydrogens is 475 g/mol. The lowest BCUT2D eigenvalue weighted by Gasteiger charge is -2.61. The van der Waals surface area contributed by atoms with Gasteiger partial charge < -0.3 is 19.5 Å². The Morgan fingerprint density at radius 1 is 1.03 bits per heavy atom. The molecule has 0 unspecified atom stereocenters. The molecule has 6 nitrogen and oxygen atoms in total. The van der Waals surface area contributed by atoms with Crippen LogP contribution in [0, 0.1) is 23.1 Å². The predicted molar refractivity (Wildman–Crippen MR) is 124 cm³/mol. The fourth-order valence-corrected chi connectivity index (χ4v) is 7.07. The largest absolute Gasteiger partial charge is 0.497 e. The van der Waals surface area contributed by atoms with E-state index in [1.165, 1.54) is 37.4 Å². The summed E-state index contributed by atoms with van der Waals surface area (Å²) in [5, 5.41) is 2.58. The van der Waals surface area contributed by atoms with E-state index in [4.69, 9.17) is 9.47 Å². The molecule has 1 N–H and O–H groups in total. The predicted octanol–water partition coefficient (Wildman–Crippen LogP) is 5.46. The maximum Gasteiger partial charge on any atom is 0.387 e. The van der Waals surface area contributed by atoms with Crippen molar-refractivity contribution in [1.82, 2.24) is 0 Å². The number of hydrogen-bond acceptors (Lipinski definition) is 5.